The van der Waals surface area contributed by atoms with E-state index < -0.39 is 40.7 Å². The van der Waals surface area contributed by atoms with E-state index in [2.05, 4.69) is 25.5 Å². The highest BCUT2D eigenvalue weighted by atomic mass is 19.1. The molecule has 0 atom stereocenters. The predicted molar refractivity (Wildman–Crippen MR) is 131 cm³/mol. The lowest BCUT2D eigenvalue weighted by atomic mass is 10.1. The molecule has 0 bridgehead atoms. The molecule has 1 saturated heterocycles. The molecule has 1 aliphatic rings. The summed E-state index contributed by atoms with van der Waals surface area (Å²) in [6.45, 7) is 3.19. The molecule has 0 radical (unpaired) electrons. The van der Waals surface area contributed by atoms with E-state index in [1.54, 1.807) is 13.8 Å². The summed E-state index contributed by atoms with van der Waals surface area (Å²) in [5.41, 5.74) is -1.21. The van der Waals surface area contributed by atoms with Gasteiger partial charge in [-0.25, -0.2) is 22.4 Å². The first-order chi connectivity index (χ1) is 18.5. The number of aromatic nitrogens is 4. The monoisotopic (exact) mass is 543 g/mol. The van der Waals surface area contributed by atoms with E-state index in [0.29, 0.717) is 6.07 Å². The Kier molecular flexibility index (Phi) is 6.32. The number of nitrogens with zero attached hydrogens (tertiary/aromatic N) is 5. The molecule has 4 aromatic rings. The molecule has 0 unspecified atom stereocenters. The third-order valence-electron chi connectivity index (χ3n) is 6.43. The maximum atomic E-state index is 14.6. The molecule has 0 saturated carbocycles. The fraction of sp³-hybridized carbons (Fsp3) is 0.240. The molecule has 10 nitrogen and oxygen atoms in total. The molecular weight excluding hydrogens is 522 g/mol. The third kappa shape index (κ3) is 4.57. The minimum Gasteiger partial charge on any atom is -0.421 e. The molecule has 1 fully saturated rings. The van der Waals surface area contributed by atoms with Crippen LogP contribution < -0.4 is 10.1 Å². The lowest BCUT2D eigenvalue weighted by molar-refractivity contribution is -0.131. The van der Waals surface area contributed by atoms with Crippen LogP contribution in [0.1, 0.15) is 13.8 Å². The van der Waals surface area contributed by atoms with Crippen LogP contribution in [0.5, 0.6) is 11.8 Å². The zero-order chi connectivity index (χ0) is 28.1. The highest BCUT2D eigenvalue weighted by Crippen LogP contribution is 2.34. The van der Waals surface area contributed by atoms with E-state index in [9.17, 15) is 27.2 Å². The standard InChI is InChI=1S/C25H21F4N7O3/c1-25(2)22(37)36(24(38)35(25)3)9-8-30-20-18-19(14-10-12(26)4-6-15(14)28)33-34-21(18)32-23(31-20)39-17-7-5-13(27)11-16(17)29/h4-7,10-11H,8-9H2,1-3H3,(H2,30,31,32,33,34). The van der Waals surface area contributed by atoms with Gasteiger partial charge >= 0.3 is 12.0 Å². The molecule has 3 heterocycles. The van der Waals surface area contributed by atoms with Crippen LogP contribution in [0.25, 0.3) is 22.3 Å². The number of amides is 3. The van der Waals surface area contributed by atoms with Crippen molar-refractivity contribution in [1.82, 2.24) is 30.0 Å². The number of ether oxygens (including phenoxy) is 1. The number of hydrogen-bond donors (Lipinski definition) is 2. The predicted octanol–water partition coefficient (Wildman–Crippen LogP) is 4.45. The second-order valence-corrected chi connectivity index (χ2v) is 9.24. The second-order valence-electron chi connectivity index (χ2n) is 9.24. The summed E-state index contributed by atoms with van der Waals surface area (Å²) >= 11 is 0. The summed E-state index contributed by atoms with van der Waals surface area (Å²) in [5.74, 6) is -4.03. The molecule has 0 spiro atoms. The maximum Gasteiger partial charge on any atom is 0.327 e. The van der Waals surface area contributed by atoms with Gasteiger partial charge in [-0.05, 0) is 44.2 Å². The molecular formula is C25H21F4N7O3. The molecule has 3 amide bonds. The average molecular weight is 543 g/mol. The SMILES string of the molecule is CN1C(=O)N(CCNc2nc(Oc3ccc(F)cc3F)nc3[nH]nc(-c4cc(F)ccc4F)c23)C(=O)C1(C)C. The number of likely N-dealkylation sites (N-methyl/N-ethyl adjacent to an activating group) is 1. The molecule has 2 aromatic carbocycles. The van der Waals surface area contributed by atoms with Crippen LogP contribution in [0.4, 0.5) is 28.2 Å². The zero-order valence-electron chi connectivity index (χ0n) is 20.9. The van der Waals surface area contributed by atoms with Gasteiger partial charge in [0.1, 0.15) is 34.5 Å². The summed E-state index contributed by atoms with van der Waals surface area (Å²) in [6, 6.07) is 4.64. The Morgan fingerprint density at radius 3 is 2.41 bits per heavy atom. The fourth-order valence-corrected chi connectivity index (χ4v) is 4.08. The number of rotatable bonds is 7. The number of imide groups is 1. The number of fused-ring (bicyclic) bond motifs is 1. The third-order valence-corrected chi connectivity index (χ3v) is 6.43. The summed E-state index contributed by atoms with van der Waals surface area (Å²) in [4.78, 5) is 36.1. The zero-order valence-corrected chi connectivity index (χ0v) is 20.9. The molecule has 2 N–H and O–H groups in total. The van der Waals surface area contributed by atoms with Crippen molar-refractivity contribution in [3.63, 3.8) is 0 Å². The van der Waals surface area contributed by atoms with Crippen LogP contribution in [0.3, 0.4) is 0 Å². The van der Waals surface area contributed by atoms with Crippen molar-refractivity contribution in [2.45, 2.75) is 19.4 Å². The molecule has 39 heavy (non-hydrogen) atoms. The number of anilines is 1. The van der Waals surface area contributed by atoms with E-state index in [0.717, 1.165) is 35.2 Å². The summed E-state index contributed by atoms with van der Waals surface area (Å²) in [7, 11) is 1.52. The molecule has 2 aromatic heterocycles. The smallest absolute Gasteiger partial charge is 0.327 e. The van der Waals surface area contributed by atoms with Gasteiger partial charge in [-0.1, -0.05) is 0 Å². The largest absolute Gasteiger partial charge is 0.421 e. The molecule has 0 aliphatic carbocycles. The Labute approximate surface area is 218 Å². The number of halogens is 4. The van der Waals surface area contributed by atoms with Crippen LogP contribution in [0.2, 0.25) is 0 Å². The number of nitrogens with one attached hydrogen (secondary N) is 2. The Hall–Kier alpha value is -4.75. The number of carbonyl (C=O) groups is 2. The first-order valence-electron chi connectivity index (χ1n) is 11.7. The van der Waals surface area contributed by atoms with E-state index in [-0.39, 0.29) is 53.0 Å². The van der Waals surface area contributed by atoms with E-state index in [1.165, 1.54) is 11.9 Å². The minimum absolute atomic E-state index is 0.00584. The average Bonchev–Trinajstić information content (AvgIpc) is 3.37. The number of aromatic amines is 1. The van der Waals surface area contributed by atoms with Crippen LogP contribution >= 0.6 is 0 Å². The normalized spacial score (nSPS) is 14.9. The van der Waals surface area contributed by atoms with Gasteiger partial charge in [0.05, 0.1) is 5.39 Å². The molecule has 14 heteroatoms. The Balaban J connectivity index is 1.52. The number of hydrogen-bond acceptors (Lipinski definition) is 7. The van der Waals surface area contributed by atoms with E-state index >= 15 is 0 Å². The first kappa shape index (κ1) is 25.9. The van der Waals surface area contributed by atoms with Crippen molar-refractivity contribution in [2.24, 2.45) is 0 Å². The Morgan fingerprint density at radius 1 is 1.00 bits per heavy atom. The topological polar surface area (TPSA) is 116 Å². The summed E-state index contributed by atoms with van der Waals surface area (Å²) in [5, 5.41) is 9.76. The van der Waals surface area contributed by atoms with Crippen molar-refractivity contribution in [3.8, 4) is 23.0 Å². The number of carbonyl (C=O) groups excluding carboxylic acids is 2. The summed E-state index contributed by atoms with van der Waals surface area (Å²) < 4.78 is 61.5. The van der Waals surface area contributed by atoms with Gasteiger partial charge in [-0.15, -0.1) is 0 Å². The fourth-order valence-electron chi connectivity index (χ4n) is 4.08. The van der Waals surface area contributed by atoms with Crippen molar-refractivity contribution < 1.29 is 31.9 Å². The Morgan fingerprint density at radius 2 is 1.72 bits per heavy atom. The van der Waals surface area contributed by atoms with Gasteiger partial charge in [0, 0.05) is 31.8 Å². The van der Waals surface area contributed by atoms with E-state index in [1.807, 2.05) is 0 Å². The van der Waals surface area contributed by atoms with Crippen molar-refractivity contribution in [3.05, 3.63) is 59.7 Å². The summed E-state index contributed by atoms with van der Waals surface area (Å²) in [6.07, 6.45) is 0. The van der Waals surface area contributed by atoms with Crippen molar-refractivity contribution >= 4 is 28.8 Å². The van der Waals surface area contributed by atoms with Gasteiger partial charge in [0.15, 0.2) is 17.2 Å². The van der Waals surface area contributed by atoms with Crippen molar-refractivity contribution in [2.75, 3.05) is 25.5 Å². The van der Waals surface area contributed by atoms with Crippen LogP contribution in [0, 0.1) is 23.3 Å². The van der Waals surface area contributed by atoms with Crippen molar-refractivity contribution in [1.29, 1.82) is 0 Å². The molecule has 202 valence electrons. The lowest BCUT2D eigenvalue weighted by Gasteiger charge is -2.22. The van der Waals surface area contributed by atoms with Crippen LogP contribution in [-0.4, -0.2) is 67.6 Å². The first-order valence-corrected chi connectivity index (χ1v) is 11.7. The number of H-pyrrole nitrogens is 1. The quantitative estimate of drug-likeness (QED) is 0.261. The van der Waals surface area contributed by atoms with E-state index in [4.69, 9.17) is 4.74 Å². The van der Waals surface area contributed by atoms with Gasteiger partial charge in [-0.2, -0.15) is 15.1 Å². The van der Waals surface area contributed by atoms with Gasteiger partial charge in [0.2, 0.25) is 0 Å². The maximum absolute atomic E-state index is 14.6. The van der Waals surface area contributed by atoms with Gasteiger partial charge in [-0.3, -0.25) is 14.8 Å². The minimum atomic E-state index is -1.02. The number of urea groups is 1. The van der Waals surface area contributed by atoms with Gasteiger partial charge in [0.25, 0.3) is 5.91 Å². The lowest BCUT2D eigenvalue weighted by Crippen LogP contribution is -2.41. The van der Waals surface area contributed by atoms with Gasteiger partial charge < -0.3 is 15.0 Å². The number of benzene rings is 2. The molecule has 1 aliphatic heterocycles. The highest BCUT2D eigenvalue weighted by Gasteiger charge is 2.48. The highest BCUT2D eigenvalue weighted by molar-refractivity contribution is 6.06. The molecule has 5 rings (SSSR count). The Bertz CT molecular complexity index is 1630. The second kappa shape index (κ2) is 9.53. The van der Waals surface area contributed by atoms with Crippen LogP contribution in [0.15, 0.2) is 36.4 Å². The van der Waals surface area contributed by atoms with Crippen LogP contribution in [-0.2, 0) is 4.79 Å².